The van der Waals surface area contributed by atoms with Crippen LogP contribution in [0.2, 0.25) is 0 Å². The van der Waals surface area contributed by atoms with Gasteiger partial charge in [0.05, 0.1) is 28.1 Å². The lowest BCUT2D eigenvalue weighted by Gasteiger charge is -2.10. The van der Waals surface area contributed by atoms with Gasteiger partial charge in [0.2, 0.25) is 0 Å². The van der Waals surface area contributed by atoms with Crippen LogP contribution in [0.4, 0.5) is 18.9 Å². The lowest BCUT2D eigenvalue weighted by Crippen LogP contribution is -2.05. The van der Waals surface area contributed by atoms with Crippen LogP contribution in [0.3, 0.4) is 0 Å². The molecule has 0 atom stereocenters. The van der Waals surface area contributed by atoms with E-state index in [1.165, 1.54) is 30.0 Å². The number of rotatable bonds is 6. The highest BCUT2D eigenvalue weighted by Gasteiger charge is 2.31. The molecule has 0 amide bonds. The maximum absolute atomic E-state index is 13.1. The molecular weight excluding hydrogens is 427 g/mol. The van der Waals surface area contributed by atoms with Crippen LogP contribution in [0.15, 0.2) is 78.0 Å². The molecule has 4 aromatic rings. The predicted molar refractivity (Wildman–Crippen MR) is 113 cm³/mol. The number of non-ortho nitro benzene ring substituents is 1. The van der Waals surface area contributed by atoms with Crippen molar-refractivity contribution in [2.24, 2.45) is 0 Å². The zero-order chi connectivity index (χ0) is 22.0. The summed E-state index contributed by atoms with van der Waals surface area (Å²) in [6.45, 7) is 0.464. The summed E-state index contributed by atoms with van der Waals surface area (Å²) in [6, 6.07) is 19.4. The molecule has 9 heteroatoms. The Hall–Kier alpha value is -3.33. The van der Waals surface area contributed by atoms with Gasteiger partial charge < -0.3 is 4.57 Å². The number of hydrogen-bond donors (Lipinski definition) is 0. The molecule has 0 spiro atoms. The molecule has 0 aliphatic heterocycles. The molecule has 3 aromatic carbocycles. The SMILES string of the molecule is O=[N+]([O-])c1ccc(CSc2nc3cc(C(F)(F)F)ccc3n2Cc2ccccc2)cc1. The summed E-state index contributed by atoms with van der Waals surface area (Å²) in [5, 5.41) is 11.4. The smallest absolute Gasteiger partial charge is 0.314 e. The van der Waals surface area contributed by atoms with E-state index in [1.807, 2.05) is 34.9 Å². The number of imidazole rings is 1. The van der Waals surface area contributed by atoms with E-state index in [-0.39, 0.29) is 11.2 Å². The number of thioether (sulfide) groups is 1. The van der Waals surface area contributed by atoms with Gasteiger partial charge in [-0.3, -0.25) is 10.1 Å². The number of halogens is 3. The first-order chi connectivity index (χ1) is 14.8. The van der Waals surface area contributed by atoms with Crippen molar-refractivity contribution in [1.29, 1.82) is 0 Å². The highest BCUT2D eigenvalue weighted by Crippen LogP contribution is 2.34. The minimum atomic E-state index is -4.44. The van der Waals surface area contributed by atoms with Gasteiger partial charge in [0, 0.05) is 17.9 Å². The summed E-state index contributed by atoms with van der Waals surface area (Å²) in [7, 11) is 0. The maximum atomic E-state index is 13.1. The van der Waals surface area contributed by atoms with Crippen molar-refractivity contribution in [3.8, 4) is 0 Å². The molecule has 4 rings (SSSR count). The molecule has 5 nitrogen and oxygen atoms in total. The first-order valence-electron chi connectivity index (χ1n) is 9.29. The van der Waals surface area contributed by atoms with Gasteiger partial charge in [-0.15, -0.1) is 0 Å². The third kappa shape index (κ3) is 4.72. The molecular formula is C22H16F3N3O2S. The van der Waals surface area contributed by atoms with Gasteiger partial charge in [-0.1, -0.05) is 54.2 Å². The Kier molecular flexibility index (Phi) is 5.69. The van der Waals surface area contributed by atoms with Crippen molar-refractivity contribution < 1.29 is 18.1 Å². The van der Waals surface area contributed by atoms with Crippen molar-refractivity contribution in [3.05, 3.63) is 99.6 Å². The van der Waals surface area contributed by atoms with E-state index in [1.54, 1.807) is 12.1 Å². The third-order valence-corrected chi connectivity index (χ3v) is 5.79. The normalized spacial score (nSPS) is 11.7. The molecule has 158 valence electrons. The van der Waals surface area contributed by atoms with Crippen LogP contribution in [0.1, 0.15) is 16.7 Å². The molecule has 1 heterocycles. The second-order valence-electron chi connectivity index (χ2n) is 6.88. The Labute approximate surface area is 179 Å². The summed E-state index contributed by atoms with van der Waals surface area (Å²) >= 11 is 1.37. The number of nitrogens with zero attached hydrogens (tertiary/aromatic N) is 3. The number of aromatic nitrogens is 2. The fourth-order valence-electron chi connectivity index (χ4n) is 3.17. The van der Waals surface area contributed by atoms with E-state index >= 15 is 0 Å². The van der Waals surface area contributed by atoms with Crippen LogP contribution < -0.4 is 0 Å². The summed E-state index contributed by atoms with van der Waals surface area (Å²) in [6.07, 6.45) is -4.44. The van der Waals surface area contributed by atoms with Crippen LogP contribution in [-0.4, -0.2) is 14.5 Å². The summed E-state index contributed by atoms with van der Waals surface area (Å²) in [5.74, 6) is 0.474. The van der Waals surface area contributed by atoms with E-state index in [4.69, 9.17) is 0 Å². The maximum Gasteiger partial charge on any atom is 0.416 e. The summed E-state index contributed by atoms with van der Waals surface area (Å²) in [4.78, 5) is 14.8. The molecule has 31 heavy (non-hydrogen) atoms. The van der Waals surface area contributed by atoms with Gasteiger partial charge in [0.25, 0.3) is 5.69 Å². The van der Waals surface area contributed by atoms with Gasteiger partial charge in [-0.2, -0.15) is 13.2 Å². The van der Waals surface area contributed by atoms with Crippen molar-refractivity contribution in [2.75, 3.05) is 0 Å². The largest absolute Gasteiger partial charge is 0.416 e. The molecule has 0 unspecified atom stereocenters. The number of fused-ring (bicyclic) bond motifs is 1. The minimum absolute atomic E-state index is 0.00439. The van der Waals surface area contributed by atoms with E-state index in [0.29, 0.717) is 23.0 Å². The fourth-order valence-corrected chi connectivity index (χ4v) is 4.14. The lowest BCUT2D eigenvalue weighted by molar-refractivity contribution is -0.384. The number of benzene rings is 3. The third-order valence-electron chi connectivity index (χ3n) is 4.74. The average molecular weight is 443 g/mol. The molecule has 0 aliphatic carbocycles. The fraction of sp³-hybridized carbons (Fsp3) is 0.136. The number of nitro benzene ring substituents is 1. The minimum Gasteiger partial charge on any atom is -0.314 e. The monoisotopic (exact) mass is 443 g/mol. The van der Waals surface area contributed by atoms with Crippen LogP contribution in [0.5, 0.6) is 0 Å². The first-order valence-corrected chi connectivity index (χ1v) is 10.3. The second kappa shape index (κ2) is 8.43. The molecule has 0 saturated heterocycles. The molecule has 0 radical (unpaired) electrons. The van der Waals surface area contributed by atoms with E-state index in [0.717, 1.165) is 23.3 Å². The number of alkyl halides is 3. The molecule has 0 fully saturated rings. The van der Waals surface area contributed by atoms with Gasteiger partial charge >= 0.3 is 6.18 Å². The Bertz CT molecular complexity index is 1220. The first kappa shape index (κ1) is 20.9. The highest BCUT2D eigenvalue weighted by atomic mass is 32.2. The molecule has 1 aromatic heterocycles. The van der Waals surface area contributed by atoms with Crippen LogP contribution in [0, 0.1) is 10.1 Å². The Morgan fingerprint density at radius 2 is 1.68 bits per heavy atom. The van der Waals surface area contributed by atoms with Crippen LogP contribution >= 0.6 is 11.8 Å². The number of nitro groups is 1. The Balaban J connectivity index is 1.67. The van der Waals surface area contributed by atoms with Gasteiger partial charge in [-0.25, -0.2) is 4.98 Å². The average Bonchev–Trinajstić information content (AvgIpc) is 3.09. The highest BCUT2D eigenvalue weighted by molar-refractivity contribution is 7.98. The molecule has 0 saturated carbocycles. The second-order valence-corrected chi connectivity index (χ2v) is 7.82. The van der Waals surface area contributed by atoms with E-state index in [2.05, 4.69) is 4.98 Å². The zero-order valence-corrected chi connectivity index (χ0v) is 16.9. The predicted octanol–water partition coefficient (Wildman–Crippen LogP) is 6.30. The zero-order valence-electron chi connectivity index (χ0n) is 16.0. The molecule has 0 aliphatic rings. The van der Waals surface area contributed by atoms with Crippen molar-refractivity contribution in [2.45, 2.75) is 23.6 Å². The van der Waals surface area contributed by atoms with Crippen molar-refractivity contribution >= 4 is 28.5 Å². The van der Waals surface area contributed by atoms with Crippen LogP contribution in [-0.2, 0) is 18.5 Å². The van der Waals surface area contributed by atoms with Crippen LogP contribution in [0.25, 0.3) is 11.0 Å². The van der Waals surface area contributed by atoms with Crippen molar-refractivity contribution in [3.63, 3.8) is 0 Å². The van der Waals surface area contributed by atoms with Gasteiger partial charge in [0.1, 0.15) is 0 Å². The quantitative estimate of drug-likeness (QED) is 0.199. The Morgan fingerprint density at radius 1 is 0.968 bits per heavy atom. The summed E-state index contributed by atoms with van der Waals surface area (Å²) < 4.78 is 41.3. The standard InChI is InChI=1S/C22H16F3N3O2S/c23-22(24,25)17-8-11-20-19(12-17)26-21(27(20)13-15-4-2-1-3-5-15)31-14-16-6-9-18(10-7-16)28(29)30/h1-12H,13-14H2. The molecule has 0 N–H and O–H groups in total. The van der Waals surface area contributed by atoms with Gasteiger partial charge in [-0.05, 0) is 29.3 Å². The van der Waals surface area contributed by atoms with Crippen molar-refractivity contribution in [1.82, 2.24) is 9.55 Å². The van der Waals surface area contributed by atoms with E-state index in [9.17, 15) is 23.3 Å². The summed E-state index contributed by atoms with van der Waals surface area (Å²) in [5.41, 5.74) is 2.00. The number of hydrogen-bond acceptors (Lipinski definition) is 4. The van der Waals surface area contributed by atoms with E-state index < -0.39 is 16.7 Å². The Morgan fingerprint density at radius 3 is 2.32 bits per heavy atom. The lowest BCUT2D eigenvalue weighted by atomic mass is 10.2. The van der Waals surface area contributed by atoms with Gasteiger partial charge in [0.15, 0.2) is 5.16 Å². The topological polar surface area (TPSA) is 61.0 Å². The molecule has 0 bridgehead atoms.